The molecule has 1 atom stereocenters. The van der Waals surface area contributed by atoms with Gasteiger partial charge in [0.15, 0.2) is 0 Å². The van der Waals surface area contributed by atoms with Crippen LogP contribution in [-0.4, -0.2) is 45.8 Å². The van der Waals surface area contributed by atoms with Crippen LogP contribution < -0.4 is 5.32 Å². The van der Waals surface area contributed by atoms with Gasteiger partial charge in [-0.2, -0.15) is 4.37 Å². The fraction of sp³-hybridized carbons (Fsp3) is 0.350. The second kappa shape index (κ2) is 6.45. The summed E-state index contributed by atoms with van der Waals surface area (Å²) in [6.07, 6.45) is 6.00. The number of benzene rings is 1. The number of pyridine rings is 1. The van der Waals surface area contributed by atoms with Crippen molar-refractivity contribution in [3.8, 4) is 11.1 Å². The molecule has 0 radical (unpaired) electrons. The molecular weight excluding hydrogens is 344 g/mol. The van der Waals surface area contributed by atoms with Gasteiger partial charge < -0.3 is 10.2 Å². The van der Waals surface area contributed by atoms with E-state index in [1.165, 1.54) is 37.5 Å². The first kappa shape index (κ1) is 15.9. The van der Waals surface area contributed by atoms with Gasteiger partial charge in [0.2, 0.25) is 0 Å². The lowest BCUT2D eigenvalue weighted by molar-refractivity contribution is 0.0619. The minimum absolute atomic E-state index is 0.0378. The Kier molecular flexibility index (Phi) is 3.94. The van der Waals surface area contributed by atoms with Crippen LogP contribution in [0.25, 0.3) is 21.2 Å². The standard InChI is InChI=1S/C20H20N4OS/c25-20(22-17-12-24-8-5-13(17)6-9-24)19-16-4-3-14(10-18(16)26-23-19)15-2-1-7-21-11-15/h1-4,7,10-11,13,17H,5-6,8-9,12H2,(H,22,25). The number of carbonyl (C=O) groups excluding carboxylic acids is 1. The quantitative estimate of drug-likeness (QED) is 0.775. The van der Waals surface area contributed by atoms with Gasteiger partial charge in [0.25, 0.3) is 5.91 Å². The Morgan fingerprint density at radius 3 is 2.81 bits per heavy atom. The lowest BCUT2D eigenvalue weighted by Crippen LogP contribution is -2.57. The van der Waals surface area contributed by atoms with E-state index in [2.05, 4.69) is 25.6 Å². The Morgan fingerprint density at radius 2 is 2.08 bits per heavy atom. The van der Waals surface area contributed by atoms with Crippen molar-refractivity contribution in [2.75, 3.05) is 19.6 Å². The Bertz CT molecular complexity index is 947. The summed E-state index contributed by atoms with van der Waals surface area (Å²) in [5.74, 6) is 0.579. The van der Waals surface area contributed by atoms with Crippen LogP contribution >= 0.6 is 11.5 Å². The summed E-state index contributed by atoms with van der Waals surface area (Å²) in [6.45, 7) is 3.32. The smallest absolute Gasteiger partial charge is 0.271 e. The molecule has 1 aromatic carbocycles. The maximum absolute atomic E-state index is 12.8. The van der Waals surface area contributed by atoms with E-state index in [1.54, 1.807) is 6.20 Å². The summed E-state index contributed by atoms with van der Waals surface area (Å²) in [5.41, 5.74) is 2.72. The number of rotatable bonds is 3. The topological polar surface area (TPSA) is 58.1 Å². The average molecular weight is 364 g/mol. The molecule has 0 spiro atoms. The number of aromatic nitrogens is 2. The molecule has 3 aliphatic heterocycles. The van der Waals surface area contributed by atoms with Gasteiger partial charge in [-0.3, -0.25) is 9.78 Å². The Balaban J connectivity index is 1.40. The maximum Gasteiger partial charge on any atom is 0.271 e. The number of hydrogen-bond donors (Lipinski definition) is 1. The van der Waals surface area contributed by atoms with Crippen LogP contribution in [0.15, 0.2) is 42.7 Å². The molecular formula is C20H20N4OS. The van der Waals surface area contributed by atoms with E-state index >= 15 is 0 Å². The van der Waals surface area contributed by atoms with Gasteiger partial charge in [-0.05, 0) is 61.1 Å². The molecule has 1 amide bonds. The molecule has 3 aliphatic rings. The monoisotopic (exact) mass is 364 g/mol. The van der Waals surface area contributed by atoms with Crippen molar-refractivity contribution in [1.82, 2.24) is 19.6 Å². The highest BCUT2D eigenvalue weighted by molar-refractivity contribution is 7.13. The van der Waals surface area contributed by atoms with Gasteiger partial charge in [0.1, 0.15) is 5.69 Å². The van der Waals surface area contributed by atoms with Crippen molar-refractivity contribution in [2.45, 2.75) is 18.9 Å². The zero-order valence-corrected chi connectivity index (χ0v) is 15.2. The summed E-state index contributed by atoms with van der Waals surface area (Å²) in [5, 5.41) is 4.18. The van der Waals surface area contributed by atoms with Gasteiger partial charge in [0, 0.05) is 35.9 Å². The van der Waals surface area contributed by atoms with Crippen LogP contribution in [0.5, 0.6) is 0 Å². The first-order chi connectivity index (χ1) is 12.8. The molecule has 5 heterocycles. The Labute approximate surface area is 156 Å². The molecule has 3 aromatic rings. The molecule has 26 heavy (non-hydrogen) atoms. The molecule has 0 saturated carbocycles. The largest absolute Gasteiger partial charge is 0.346 e. The molecule has 2 bridgehead atoms. The highest BCUT2D eigenvalue weighted by atomic mass is 32.1. The number of fused-ring (bicyclic) bond motifs is 4. The number of carbonyl (C=O) groups is 1. The van der Waals surface area contributed by atoms with E-state index < -0.39 is 0 Å². The van der Waals surface area contributed by atoms with Gasteiger partial charge in [-0.25, -0.2) is 0 Å². The molecule has 3 saturated heterocycles. The maximum atomic E-state index is 12.8. The molecule has 5 nitrogen and oxygen atoms in total. The van der Waals surface area contributed by atoms with Crippen LogP contribution in [0.3, 0.4) is 0 Å². The SMILES string of the molecule is O=C(NC1CN2CCC1CC2)c1nsc2cc(-c3cccnc3)ccc12. The highest BCUT2D eigenvalue weighted by Crippen LogP contribution is 2.30. The summed E-state index contributed by atoms with van der Waals surface area (Å²) < 4.78 is 5.49. The van der Waals surface area contributed by atoms with E-state index in [0.717, 1.165) is 27.8 Å². The van der Waals surface area contributed by atoms with Crippen molar-refractivity contribution < 1.29 is 4.79 Å². The van der Waals surface area contributed by atoms with Crippen LogP contribution in [0.1, 0.15) is 23.3 Å². The highest BCUT2D eigenvalue weighted by Gasteiger charge is 2.35. The van der Waals surface area contributed by atoms with Crippen molar-refractivity contribution in [1.29, 1.82) is 0 Å². The van der Waals surface area contributed by atoms with E-state index in [-0.39, 0.29) is 11.9 Å². The lowest BCUT2D eigenvalue weighted by Gasteiger charge is -2.44. The molecule has 1 unspecified atom stereocenters. The second-order valence-corrected chi connectivity index (χ2v) is 8.01. The van der Waals surface area contributed by atoms with Crippen molar-refractivity contribution in [3.05, 3.63) is 48.4 Å². The van der Waals surface area contributed by atoms with Crippen LogP contribution in [0, 0.1) is 5.92 Å². The van der Waals surface area contributed by atoms with Crippen LogP contribution in [-0.2, 0) is 0 Å². The summed E-state index contributed by atoms with van der Waals surface area (Å²) in [6, 6.07) is 10.4. The lowest BCUT2D eigenvalue weighted by atomic mass is 9.84. The van der Waals surface area contributed by atoms with Crippen molar-refractivity contribution in [3.63, 3.8) is 0 Å². The summed E-state index contributed by atoms with van der Waals surface area (Å²) in [7, 11) is 0. The van der Waals surface area contributed by atoms with Gasteiger partial charge >= 0.3 is 0 Å². The molecule has 6 rings (SSSR count). The Hall–Kier alpha value is -2.31. The zero-order valence-electron chi connectivity index (χ0n) is 14.4. The van der Waals surface area contributed by atoms with Crippen molar-refractivity contribution >= 4 is 27.5 Å². The second-order valence-electron chi connectivity index (χ2n) is 7.20. The number of nitrogens with one attached hydrogen (secondary N) is 1. The normalized spacial score (nSPS) is 24.7. The van der Waals surface area contributed by atoms with Crippen LogP contribution in [0.4, 0.5) is 0 Å². The minimum atomic E-state index is -0.0378. The van der Waals surface area contributed by atoms with Gasteiger partial charge in [-0.1, -0.05) is 18.2 Å². The van der Waals surface area contributed by atoms with E-state index in [1.807, 2.05) is 30.5 Å². The van der Waals surface area contributed by atoms with Crippen LogP contribution in [0.2, 0.25) is 0 Å². The zero-order chi connectivity index (χ0) is 17.5. The van der Waals surface area contributed by atoms with Gasteiger partial charge in [0.05, 0.1) is 4.70 Å². The predicted octanol–water partition coefficient (Wildman–Crippen LogP) is 3.18. The predicted molar refractivity (Wildman–Crippen MR) is 103 cm³/mol. The summed E-state index contributed by atoms with van der Waals surface area (Å²) in [4.78, 5) is 19.5. The number of hydrogen-bond acceptors (Lipinski definition) is 5. The molecule has 3 fully saturated rings. The molecule has 0 aliphatic carbocycles. The minimum Gasteiger partial charge on any atom is -0.346 e. The molecule has 1 N–H and O–H groups in total. The van der Waals surface area contributed by atoms with E-state index in [9.17, 15) is 4.79 Å². The first-order valence-electron chi connectivity index (χ1n) is 9.11. The fourth-order valence-corrected chi connectivity index (χ4v) is 4.99. The summed E-state index contributed by atoms with van der Waals surface area (Å²) >= 11 is 1.39. The third kappa shape index (κ3) is 2.79. The van der Waals surface area contributed by atoms with E-state index in [4.69, 9.17) is 0 Å². The number of piperidine rings is 3. The third-order valence-corrected chi connectivity index (χ3v) is 6.46. The molecule has 2 aromatic heterocycles. The van der Waals surface area contributed by atoms with Crippen molar-refractivity contribution in [2.24, 2.45) is 5.92 Å². The molecule has 6 heteroatoms. The van der Waals surface area contributed by atoms with Gasteiger partial charge in [-0.15, -0.1) is 0 Å². The third-order valence-electron chi connectivity index (χ3n) is 5.65. The molecule has 132 valence electrons. The number of nitrogens with zero attached hydrogens (tertiary/aromatic N) is 3. The fourth-order valence-electron chi connectivity index (χ4n) is 4.18. The first-order valence-corrected chi connectivity index (χ1v) is 9.88. The number of amides is 1. The Morgan fingerprint density at radius 1 is 1.19 bits per heavy atom. The average Bonchev–Trinajstić information content (AvgIpc) is 3.13. The van der Waals surface area contributed by atoms with E-state index in [0.29, 0.717) is 11.6 Å².